The van der Waals surface area contributed by atoms with E-state index in [2.05, 4.69) is 4.72 Å². The van der Waals surface area contributed by atoms with Gasteiger partial charge in [0.15, 0.2) is 0 Å². The molecule has 0 spiro atoms. The Kier molecular flexibility index (Phi) is 5.14. The minimum Gasteiger partial charge on any atom is -0.497 e. The van der Waals surface area contributed by atoms with E-state index in [4.69, 9.17) is 9.47 Å². The summed E-state index contributed by atoms with van der Waals surface area (Å²) < 4.78 is 38.4. The lowest BCUT2D eigenvalue weighted by atomic mass is 10.2. The van der Waals surface area contributed by atoms with Gasteiger partial charge in [0.25, 0.3) is 10.0 Å². The number of anilines is 1. The normalized spacial score (nSPS) is 11.0. The third-order valence-corrected chi connectivity index (χ3v) is 5.19. The van der Waals surface area contributed by atoms with Gasteiger partial charge in [-0.25, -0.2) is 8.42 Å². The topological polar surface area (TPSA) is 64.6 Å². The van der Waals surface area contributed by atoms with Gasteiger partial charge in [-0.3, -0.25) is 4.72 Å². The molecule has 0 amide bonds. The van der Waals surface area contributed by atoms with E-state index in [1.165, 1.54) is 12.1 Å². The minimum absolute atomic E-state index is 0.158. The quantitative estimate of drug-likeness (QED) is 0.690. The molecular weight excluding hydrogens is 350 g/mol. The Bertz CT molecular complexity index is 981. The van der Waals surface area contributed by atoms with Crippen molar-refractivity contribution in [3.8, 4) is 17.2 Å². The number of nitrogens with one attached hydrogen (secondary N) is 1. The molecule has 3 rings (SSSR count). The fourth-order valence-electron chi connectivity index (χ4n) is 2.36. The first-order valence-corrected chi connectivity index (χ1v) is 9.47. The van der Waals surface area contributed by atoms with Crippen LogP contribution in [0.3, 0.4) is 0 Å². The van der Waals surface area contributed by atoms with Crippen molar-refractivity contribution < 1.29 is 17.9 Å². The van der Waals surface area contributed by atoms with Gasteiger partial charge in [-0.05, 0) is 67.1 Å². The number of sulfonamides is 1. The van der Waals surface area contributed by atoms with Crippen LogP contribution in [0.15, 0.2) is 77.7 Å². The zero-order valence-corrected chi connectivity index (χ0v) is 15.3. The molecule has 0 bridgehead atoms. The Morgan fingerprint density at radius 3 is 2.04 bits per heavy atom. The predicted octanol–water partition coefficient (Wildman–Crippen LogP) is 4.60. The molecule has 1 N–H and O–H groups in total. The molecule has 5 nitrogen and oxygen atoms in total. The standard InChI is InChI=1S/C20H19NO4S/c1-15-5-3-4-6-20(15)25-18-11-13-19(14-12-18)26(22,23)21-16-7-9-17(24-2)10-8-16/h3-14,21H,1-2H3. The first-order valence-electron chi connectivity index (χ1n) is 7.98. The molecule has 0 saturated carbocycles. The smallest absolute Gasteiger partial charge is 0.261 e. The molecule has 6 heteroatoms. The van der Waals surface area contributed by atoms with Crippen molar-refractivity contribution in [2.45, 2.75) is 11.8 Å². The third kappa shape index (κ3) is 4.15. The van der Waals surface area contributed by atoms with Crippen LogP contribution in [-0.2, 0) is 10.0 Å². The molecular formula is C20H19NO4S. The van der Waals surface area contributed by atoms with E-state index in [-0.39, 0.29) is 4.90 Å². The van der Waals surface area contributed by atoms with Crippen molar-refractivity contribution in [2.24, 2.45) is 0 Å². The second-order valence-corrected chi connectivity index (χ2v) is 7.36. The summed E-state index contributed by atoms with van der Waals surface area (Å²) in [7, 11) is -2.12. The van der Waals surface area contributed by atoms with Crippen molar-refractivity contribution in [1.82, 2.24) is 0 Å². The maximum atomic E-state index is 12.5. The van der Waals surface area contributed by atoms with Gasteiger partial charge in [-0.2, -0.15) is 0 Å². The van der Waals surface area contributed by atoms with Crippen LogP contribution in [0.5, 0.6) is 17.2 Å². The van der Waals surface area contributed by atoms with Gasteiger partial charge >= 0.3 is 0 Å². The van der Waals surface area contributed by atoms with Crippen molar-refractivity contribution in [3.05, 3.63) is 78.4 Å². The summed E-state index contributed by atoms with van der Waals surface area (Å²) in [6.45, 7) is 1.95. The van der Waals surface area contributed by atoms with Crippen LogP contribution < -0.4 is 14.2 Å². The van der Waals surface area contributed by atoms with E-state index in [9.17, 15) is 8.42 Å². The first kappa shape index (κ1) is 17.8. The molecule has 0 saturated heterocycles. The van der Waals surface area contributed by atoms with Crippen molar-refractivity contribution in [1.29, 1.82) is 0 Å². The first-order chi connectivity index (χ1) is 12.5. The molecule has 0 radical (unpaired) electrons. The summed E-state index contributed by atoms with van der Waals surface area (Å²) >= 11 is 0. The molecule has 0 fully saturated rings. The van der Waals surface area contributed by atoms with E-state index in [1.807, 2.05) is 31.2 Å². The number of hydrogen-bond donors (Lipinski definition) is 1. The molecule has 0 heterocycles. The van der Waals surface area contributed by atoms with Gasteiger partial charge in [0.1, 0.15) is 17.2 Å². The number of benzene rings is 3. The maximum absolute atomic E-state index is 12.5. The Balaban J connectivity index is 1.75. The van der Waals surface area contributed by atoms with E-state index in [0.29, 0.717) is 17.2 Å². The fraction of sp³-hybridized carbons (Fsp3) is 0.100. The Morgan fingerprint density at radius 1 is 0.808 bits per heavy atom. The SMILES string of the molecule is COc1ccc(NS(=O)(=O)c2ccc(Oc3ccccc3C)cc2)cc1. The van der Waals surface area contributed by atoms with Crippen molar-refractivity contribution in [2.75, 3.05) is 11.8 Å². The van der Waals surface area contributed by atoms with E-state index in [1.54, 1.807) is 43.5 Å². The Labute approximate surface area is 153 Å². The molecule has 3 aromatic carbocycles. The zero-order chi connectivity index (χ0) is 18.6. The summed E-state index contributed by atoms with van der Waals surface area (Å²) in [6.07, 6.45) is 0. The second-order valence-electron chi connectivity index (χ2n) is 5.67. The van der Waals surface area contributed by atoms with Gasteiger partial charge < -0.3 is 9.47 Å². The van der Waals surface area contributed by atoms with Gasteiger partial charge in [0.05, 0.1) is 12.0 Å². The zero-order valence-electron chi connectivity index (χ0n) is 14.5. The number of ether oxygens (including phenoxy) is 2. The highest BCUT2D eigenvalue weighted by Gasteiger charge is 2.14. The average molecular weight is 369 g/mol. The highest BCUT2D eigenvalue weighted by atomic mass is 32.2. The molecule has 134 valence electrons. The molecule has 0 atom stereocenters. The average Bonchev–Trinajstić information content (AvgIpc) is 2.64. The third-order valence-electron chi connectivity index (χ3n) is 3.80. The van der Waals surface area contributed by atoms with Crippen LogP contribution in [0.4, 0.5) is 5.69 Å². The summed E-state index contributed by atoms with van der Waals surface area (Å²) in [5.74, 6) is 1.97. The van der Waals surface area contributed by atoms with E-state index >= 15 is 0 Å². The monoisotopic (exact) mass is 369 g/mol. The lowest BCUT2D eigenvalue weighted by molar-refractivity contribution is 0.415. The van der Waals surface area contributed by atoms with Crippen LogP contribution in [-0.4, -0.2) is 15.5 Å². The van der Waals surface area contributed by atoms with Crippen LogP contribution >= 0.6 is 0 Å². The van der Waals surface area contributed by atoms with Gasteiger partial charge in [0, 0.05) is 5.69 Å². The molecule has 0 unspecified atom stereocenters. The molecule has 0 aliphatic carbocycles. The molecule has 0 aromatic heterocycles. The van der Waals surface area contributed by atoms with Crippen molar-refractivity contribution >= 4 is 15.7 Å². The van der Waals surface area contributed by atoms with Gasteiger partial charge in [0.2, 0.25) is 0 Å². The Morgan fingerprint density at radius 2 is 1.42 bits per heavy atom. The molecule has 26 heavy (non-hydrogen) atoms. The number of methoxy groups -OCH3 is 1. The highest BCUT2D eigenvalue weighted by molar-refractivity contribution is 7.92. The van der Waals surface area contributed by atoms with Crippen LogP contribution in [0.1, 0.15) is 5.56 Å². The fourth-order valence-corrected chi connectivity index (χ4v) is 3.42. The lowest BCUT2D eigenvalue weighted by Crippen LogP contribution is -2.12. The van der Waals surface area contributed by atoms with E-state index in [0.717, 1.165) is 11.3 Å². The lowest BCUT2D eigenvalue weighted by Gasteiger charge is -2.11. The highest BCUT2D eigenvalue weighted by Crippen LogP contribution is 2.26. The number of hydrogen-bond acceptors (Lipinski definition) is 4. The number of para-hydroxylation sites is 1. The van der Waals surface area contributed by atoms with E-state index < -0.39 is 10.0 Å². The second kappa shape index (κ2) is 7.49. The van der Waals surface area contributed by atoms with Gasteiger partial charge in [-0.1, -0.05) is 18.2 Å². The summed E-state index contributed by atoms with van der Waals surface area (Å²) in [5, 5.41) is 0. The Hall–Kier alpha value is -2.99. The largest absolute Gasteiger partial charge is 0.497 e. The molecule has 0 aliphatic rings. The molecule has 3 aromatic rings. The summed E-state index contributed by atoms with van der Waals surface area (Å²) in [4.78, 5) is 0.158. The minimum atomic E-state index is -3.68. The summed E-state index contributed by atoms with van der Waals surface area (Å²) in [6, 6.07) is 20.6. The maximum Gasteiger partial charge on any atom is 0.261 e. The van der Waals surface area contributed by atoms with Crippen LogP contribution in [0, 0.1) is 6.92 Å². The van der Waals surface area contributed by atoms with Crippen LogP contribution in [0.2, 0.25) is 0 Å². The molecule has 0 aliphatic heterocycles. The number of aryl methyl sites for hydroxylation is 1. The van der Waals surface area contributed by atoms with Crippen molar-refractivity contribution in [3.63, 3.8) is 0 Å². The number of rotatable bonds is 6. The van der Waals surface area contributed by atoms with Crippen LogP contribution in [0.25, 0.3) is 0 Å². The van der Waals surface area contributed by atoms with Gasteiger partial charge in [-0.15, -0.1) is 0 Å². The summed E-state index contributed by atoms with van der Waals surface area (Å²) in [5.41, 5.74) is 1.47. The predicted molar refractivity (Wildman–Crippen MR) is 101 cm³/mol.